The van der Waals surface area contributed by atoms with Crippen LogP contribution in [0.25, 0.3) is 0 Å². The van der Waals surface area contributed by atoms with Crippen LogP contribution in [0.4, 0.5) is 0 Å². The van der Waals surface area contributed by atoms with Crippen LogP contribution in [-0.4, -0.2) is 12.1 Å². The molecule has 1 fully saturated rings. The van der Waals surface area contributed by atoms with Crippen LogP contribution in [0.3, 0.4) is 0 Å². The molecular formula is C6H12N2O2. The summed E-state index contributed by atoms with van der Waals surface area (Å²) in [6.07, 6.45) is 1.63. The zero-order valence-electron chi connectivity index (χ0n) is 6.04. The lowest BCUT2D eigenvalue weighted by Gasteiger charge is -2.39. The van der Waals surface area contributed by atoms with E-state index < -0.39 is 5.54 Å². The molecule has 10 heavy (non-hydrogen) atoms. The third kappa shape index (κ3) is 1.17. The minimum absolute atomic E-state index is 0.265. The molecule has 1 aliphatic rings. The summed E-state index contributed by atoms with van der Waals surface area (Å²) >= 11 is 0. The lowest BCUT2D eigenvalue weighted by Crippen LogP contribution is -2.45. The van der Waals surface area contributed by atoms with E-state index in [9.17, 15) is 4.91 Å². The molecule has 1 aliphatic carbocycles. The molecule has 0 amide bonds. The second-order valence-corrected chi connectivity index (χ2v) is 3.14. The summed E-state index contributed by atoms with van der Waals surface area (Å²) in [5.41, 5.74) is -0.492. The number of nitrogens with zero attached hydrogens (tertiary/aromatic N) is 1. The SMILES string of the molecule is CC1CC(CON)(N=O)C1. The monoisotopic (exact) mass is 144 g/mol. The summed E-state index contributed by atoms with van der Waals surface area (Å²) in [6, 6.07) is 0. The van der Waals surface area contributed by atoms with E-state index in [4.69, 9.17) is 5.90 Å². The second kappa shape index (κ2) is 2.64. The highest BCUT2D eigenvalue weighted by Crippen LogP contribution is 2.40. The van der Waals surface area contributed by atoms with E-state index in [0.29, 0.717) is 5.92 Å². The number of rotatable bonds is 3. The first-order valence-corrected chi connectivity index (χ1v) is 3.39. The van der Waals surface area contributed by atoms with E-state index in [1.807, 2.05) is 0 Å². The van der Waals surface area contributed by atoms with Gasteiger partial charge in [0.2, 0.25) is 0 Å². The van der Waals surface area contributed by atoms with Crippen molar-refractivity contribution in [1.29, 1.82) is 0 Å². The molecule has 0 aliphatic heterocycles. The Hall–Kier alpha value is -0.480. The van der Waals surface area contributed by atoms with Gasteiger partial charge in [-0.25, -0.2) is 5.90 Å². The molecule has 0 radical (unpaired) electrons. The van der Waals surface area contributed by atoms with Gasteiger partial charge in [0.1, 0.15) is 5.54 Å². The molecule has 4 heteroatoms. The third-order valence-electron chi connectivity index (χ3n) is 2.00. The van der Waals surface area contributed by atoms with E-state index in [0.717, 1.165) is 12.8 Å². The fourth-order valence-corrected chi connectivity index (χ4v) is 1.61. The van der Waals surface area contributed by atoms with Gasteiger partial charge in [-0.05, 0) is 18.8 Å². The molecule has 0 aromatic rings. The fourth-order valence-electron chi connectivity index (χ4n) is 1.61. The van der Waals surface area contributed by atoms with Crippen LogP contribution in [-0.2, 0) is 4.84 Å². The minimum Gasteiger partial charge on any atom is -0.302 e. The van der Waals surface area contributed by atoms with Gasteiger partial charge >= 0.3 is 0 Å². The van der Waals surface area contributed by atoms with Crippen molar-refractivity contribution in [3.8, 4) is 0 Å². The van der Waals surface area contributed by atoms with Crippen molar-refractivity contribution in [2.45, 2.75) is 25.3 Å². The maximum absolute atomic E-state index is 10.3. The molecule has 0 heterocycles. The smallest absolute Gasteiger partial charge is 0.128 e. The van der Waals surface area contributed by atoms with Crippen LogP contribution in [0, 0.1) is 10.8 Å². The number of nitroso groups, excluding NO2 is 1. The lowest BCUT2D eigenvalue weighted by atomic mass is 9.70. The summed E-state index contributed by atoms with van der Waals surface area (Å²) < 4.78 is 0. The Bertz CT molecular complexity index is 126. The van der Waals surface area contributed by atoms with Crippen molar-refractivity contribution in [1.82, 2.24) is 0 Å². The summed E-state index contributed by atoms with van der Waals surface area (Å²) in [5, 5.41) is 3.01. The Balaban J connectivity index is 2.40. The molecule has 0 saturated heterocycles. The van der Waals surface area contributed by atoms with E-state index in [1.165, 1.54) is 0 Å². The predicted octanol–water partition coefficient (Wildman–Crippen LogP) is 0.812. The molecule has 2 N–H and O–H groups in total. The molecule has 58 valence electrons. The lowest BCUT2D eigenvalue weighted by molar-refractivity contribution is 0.0259. The highest BCUT2D eigenvalue weighted by molar-refractivity contribution is 4.99. The quantitative estimate of drug-likeness (QED) is 0.471. The van der Waals surface area contributed by atoms with Gasteiger partial charge in [0.15, 0.2) is 0 Å². The van der Waals surface area contributed by atoms with Crippen LogP contribution in [0.2, 0.25) is 0 Å². The molecule has 0 aromatic heterocycles. The molecular weight excluding hydrogens is 132 g/mol. The van der Waals surface area contributed by atoms with Gasteiger partial charge in [-0.1, -0.05) is 12.1 Å². The summed E-state index contributed by atoms with van der Waals surface area (Å²) in [4.78, 5) is 14.7. The van der Waals surface area contributed by atoms with Crippen molar-refractivity contribution in [3.63, 3.8) is 0 Å². The van der Waals surface area contributed by atoms with Gasteiger partial charge in [-0.3, -0.25) is 0 Å². The summed E-state index contributed by atoms with van der Waals surface area (Å²) in [7, 11) is 0. The van der Waals surface area contributed by atoms with Gasteiger partial charge in [0.25, 0.3) is 0 Å². The number of nitrogens with two attached hydrogens (primary N) is 1. The Morgan fingerprint density at radius 1 is 1.80 bits per heavy atom. The van der Waals surface area contributed by atoms with Crippen LogP contribution in [0.15, 0.2) is 5.18 Å². The Morgan fingerprint density at radius 2 is 2.40 bits per heavy atom. The highest BCUT2D eigenvalue weighted by Gasteiger charge is 2.44. The van der Waals surface area contributed by atoms with E-state index in [1.54, 1.807) is 0 Å². The number of hydrogen-bond donors (Lipinski definition) is 1. The van der Waals surface area contributed by atoms with Crippen LogP contribution in [0.1, 0.15) is 19.8 Å². The molecule has 0 atom stereocenters. The highest BCUT2D eigenvalue weighted by atomic mass is 16.6. The molecule has 0 aromatic carbocycles. The van der Waals surface area contributed by atoms with Gasteiger partial charge in [-0.2, -0.15) is 4.91 Å². The normalized spacial score (nSPS) is 38.8. The van der Waals surface area contributed by atoms with Crippen LogP contribution >= 0.6 is 0 Å². The average molecular weight is 144 g/mol. The first-order chi connectivity index (χ1) is 4.72. The molecule has 1 saturated carbocycles. The Morgan fingerprint density at radius 3 is 2.70 bits per heavy atom. The van der Waals surface area contributed by atoms with E-state index >= 15 is 0 Å². The standard InChI is InChI=1S/C6H12N2O2/c1-5-2-6(3-5,8-9)4-10-7/h5H,2-4,7H2,1H3. The van der Waals surface area contributed by atoms with Crippen LogP contribution in [0.5, 0.6) is 0 Å². The van der Waals surface area contributed by atoms with Gasteiger partial charge in [0, 0.05) is 0 Å². The first-order valence-electron chi connectivity index (χ1n) is 3.39. The first kappa shape index (κ1) is 7.63. The Labute approximate surface area is 59.7 Å². The molecule has 0 unspecified atom stereocenters. The van der Waals surface area contributed by atoms with E-state index in [2.05, 4.69) is 16.9 Å². The van der Waals surface area contributed by atoms with Crippen molar-refractivity contribution in [2.75, 3.05) is 6.61 Å². The van der Waals surface area contributed by atoms with Crippen molar-refractivity contribution >= 4 is 0 Å². The largest absolute Gasteiger partial charge is 0.302 e. The maximum Gasteiger partial charge on any atom is 0.128 e. The van der Waals surface area contributed by atoms with Crippen molar-refractivity contribution < 1.29 is 4.84 Å². The zero-order chi connectivity index (χ0) is 7.61. The molecule has 4 nitrogen and oxygen atoms in total. The van der Waals surface area contributed by atoms with Gasteiger partial charge in [0.05, 0.1) is 6.61 Å². The fraction of sp³-hybridized carbons (Fsp3) is 1.00. The minimum atomic E-state index is -0.492. The van der Waals surface area contributed by atoms with Crippen molar-refractivity contribution in [3.05, 3.63) is 4.91 Å². The summed E-state index contributed by atoms with van der Waals surface area (Å²) in [5.74, 6) is 5.44. The Kier molecular flexibility index (Phi) is 2.01. The third-order valence-corrected chi connectivity index (χ3v) is 2.00. The van der Waals surface area contributed by atoms with Crippen LogP contribution < -0.4 is 5.90 Å². The van der Waals surface area contributed by atoms with Gasteiger partial charge < -0.3 is 4.84 Å². The van der Waals surface area contributed by atoms with Gasteiger partial charge in [-0.15, -0.1) is 0 Å². The summed E-state index contributed by atoms with van der Waals surface area (Å²) in [6.45, 7) is 2.35. The molecule has 0 bridgehead atoms. The maximum atomic E-state index is 10.3. The van der Waals surface area contributed by atoms with Crippen molar-refractivity contribution in [2.24, 2.45) is 17.0 Å². The molecule has 0 spiro atoms. The average Bonchev–Trinajstić information content (AvgIpc) is 1.84. The zero-order valence-corrected chi connectivity index (χ0v) is 6.04. The van der Waals surface area contributed by atoms with E-state index in [-0.39, 0.29) is 6.61 Å². The topological polar surface area (TPSA) is 64.7 Å². The number of hydrogen-bond acceptors (Lipinski definition) is 4. The second-order valence-electron chi connectivity index (χ2n) is 3.14. The molecule has 1 rings (SSSR count). The predicted molar refractivity (Wildman–Crippen MR) is 37.1 cm³/mol.